The van der Waals surface area contributed by atoms with Crippen LogP contribution in [0.1, 0.15) is 44.3 Å². The van der Waals surface area contributed by atoms with Crippen molar-refractivity contribution >= 4 is 5.97 Å². The van der Waals surface area contributed by atoms with Crippen LogP contribution in [0.5, 0.6) is 0 Å². The number of carboxylic acid groups (broad SMARTS) is 1. The van der Waals surface area contributed by atoms with E-state index in [4.69, 9.17) is 0 Å². The minimum Gasteiger partial charge on any atom is -0.480 e. The second-order valence-electron chi connectivity index (χ2n) is 6.01. The zero-order valence-electron chi connectivity index (χ0n) is 12.0. The first-order valence-electron chi connectivity index (χ1n) is 7.54. The molecule has 0 radical (unpaired) electrons. The molecule has 6 heteroatoms. The maximum absolute atomic E-state index is 11.5. The molecule has 110 valence electrons. The number of aromatic nitrogens is 3. The van der Waals surface area contributed by atoms with Crippen molar-refractivity contribution in [2.24, 2.45) is 5.92 Å². The Kier molecular flexibility index (Phi) is 3.74. The number of hydrogen-bond acceptors (Lipinski definition) is 4. The maximum atomic E-state index is 11.5. The van der Waals surface area contributed by atoms with E-state index in [-0.39, 0.29) is 12.0 Å². The fraction of sp³-hybridized carbons (Fsp3) is 0.786. The van der Waals surface area contributed by atoms with E-state index in [9.17, 15) is 9.90 Å². The third kappa shape index (κ3) is 2.44. The number of aryl methyl sites for hydroxylation is 1. The van der Waals surface area contributed by atoms with Crippen LogP contribution in [0.25, 0.3) is 0 Å². The molecule has 3 rings (SSSR count). The Hall–Kier alpha value is -1.43. The number of nitrogens with zero attached hydrogens (tertiary/aromatic N) is 4. The van der Waals surface area contributed by atoms with Gasteiger partial charge in [0, 0.05) is 13.0 Å². The van der Waals surface area contributed by atoms with Crippen molar-refractivity contribution in [2.75, 3.05) is 6.54 Å². The van der Waals surface area contributed by atoms with Crippen LogP contribution in [0, 0.1) is 5.92 Å². The van der Waals surface area contributed by atoms with E-state index >= 15 is 0 Å². The van der Waals surface area contributed by atoms with Gasteiger partial charge >= 0.3 is 5.97 Å². The zero-order valence-corrected chi connectivity index (χ0v) is 12.0. The van der Waals surface area contributed by atoms with Crippen molar-refractivity contribution in [2.45, 2.75) is 58.2 Å². The average Bonchev–Trinajstić information content (AvgIpc) is 2.82. The Morgan fingerprint density at radius 2 is 2.15 bits per heavy atom. The number of piperidine rings is 1. The van der Waals surface area contributed by atoms with Gasteiger partial charge in [0.15, 0.2) is 0 Å². The number of rotatable bonds is 3. The molecule has 0 saturated carbocycles. The first-order chi connectivity index (χ1) is 9.66. The first kappa shape index (κ1) is 13.5. The van der Waals surface area contributed by atoms with Gasteiger partial charge < -0.3 is 9.67 Å². The summed E-state index contributed by atoms with van der Waals surface area (Å²) in [6.07, 6.45) is 5.39. The van der Waals surface area contributed by atoms with Gasteiger partial charge in [-0.3, -0.25) is 9.69 Å². The van der Waals surface area contributed by atoms with Crippen LogP contribution in [0.3, 0.4) is 0 Å². The van der Waals surface area contributed by atoms with Gasteiger partial charge in [-0.25, -0.2) is 0 Å². The van der Waals surface area contributed by atoms with Gasteiger partial charge in [0.2, 0.25) is 0 Å². The number of carbonyl (C=O) groups is 1. The van der Waals surface area contributed by atoms with Crippen LogP contribution >= 0.6 is 0 Å². The molecule has 2 aliphatic rings. The number of hydrogen-bond donors (Lipinski definition) is 1. The average molecular weight is 278 g/mol. The Labute approximate surface area is 118 Å². The number of aliphatic carboxylic acids is 1. The predicted molar refractivity (Wildman–Crippen MR) is 73.2 cm³/mol. The van der Waals surface area contributed by atoms with Crippen LogP contribution in [-0.4, -0.2) is 43.3 Å². The normalized spacial score (nSPS) is 27.2. The third-order valence-electron chi connectivity index (χ3n) is 4.57. The molecular weight excluding hydrogens is 256 g/mol. The SMILES string of the molecule is CC1CCCN(Cc2nnc3n2CCCC3)C1C(=O)O. The molecule has 0 aromatic carbocycles. The van der Waals surface area contributed by atoms with E-state index in [2.05, 4.69) is 19.7 Å². The van der Waals surface area contributed by atoms with Crippen molar-refractivity contribution < 1.29 is 9.90 Å². The lowest BCUT2D eigenvalue weighted by atomic mass is 9.91. The molecule has 1 fully saturated rings. The summed E-state index contributed by atoms with van der Waals surface area (Å²) in [6, 6.07) is -0.389. The largest absolute Gasteiger partial charge is 0.480 e. The highest BCUT2D eigenvalue weighted by Gasteiger charge is 2.35. The molecule has 1 N–H and O–H groups in total. The Balaban J connectivity index is 1.79. The highest BCUT2D eigenvalue weighted by atomic mass is 16.4. The summed E-state index contributed by atoms with van der Waals surface area (Å²) in [6.45, 7) is 4.45. The minimum absolute atomic E-state index is 0.199. The molecule has 0 aliphatic carbocycles. The summed E-state index contributed by atoms with van der Waals surface area (Å²) in [4.78, 5) is 13.6. The molecule has 0 bridgehead atoms. The molecule has 20 heavy (non-hydrogen) atoms. The van der Waals surface area contributed by atoms with Crippen molar-refractivity contribution in [1.82, 2.24) is 19.7 Å². The fourth-order valence-corrected chi connectivity index (χ4v) is 3.52. The monoisotopic (exact) mass is 278 g/mol. The van der Waals surface area contributed by atoms with Gasteiger partial charge in [-0.15, -0.1) is 10.2 Å². The molecule has 2 unspecified atom stereocenters. The van der Waals surface area contributed by atoms with Crippen LogP contribution in [0.15, 0.2) is 0 Å². The van der Waals surface area contributed by atoms with E-state index in [1.807, 2.05) is 6.92 Å². The quantitative estimate of drug-likeness (QED) is 0.902. The predicted octanol–water partition coefficient (Wildman–Crippen LogP) is 1.30. The summed E-state index contributed by atoms with van der Waals surface area (Å²) < 4.78 is 2.18. The van der Waals surface area contributed by atoms with Gasteiger partial charge in [-0.2, -0.15) is 0 Å². The van der Waals surface area contributed by atoms with Crippen molar-refractivity contribution in [1.29, 1.82) is 0 Å². The summed E-state index contributed by atoms with van der Waals surface area (Å²) in [5.41, 5.74) is 0. The lowest BCUT2D eigenvalue weighted by Gasteiger charge is -2.37. The highest BCUT2D eigenvalue weighted by Crippen LogP contribution is 2.25. The topological polar surface area (TPSA) is 71.2 Å². The van der Waals surface area contributed by atoms with Crippen molar-refractivity contribution in [3.05, 3.63) is 11.6 Å². The van der Waals surface area contributed by atoms with Gasteiger partial charge in [0.05, 0.1) is 6.54 Å². The highest BCUT2D eigenvalue weighted by molar-refractivity contribution is 5.74. The van der Waals surface area contributed by atoms with Crippen molar-refractivity contribution in [3.8, 4) is 0 Å². The standard InChI is InChI=1S/C14H22N4O2/c1-10-5-4-7-17(13(10)14(19)20)9-12-16-15-11-6-2-3-8-18(11)12/h10,13H,2-9H2,1H3,(H,19,20). The van der Waals surface area contributed by atoms with Crippen LogP contribution < -0.4 is 0 Å². The molecule has 2 aliphatic heterocycles. The Bertz CT molecular complexity index is 499. The number of likely N-dealkylation sites (tertiary alicyclic amines) is 1. The molecule has 1 aromatic rings. The molecule has 6 nitrogen and oxygen atoms in total. The van der Waals surface area contributed by atoms with E-state index in [0.717, 1.165) is 50.4 Å². The maximum Gasteiger partial charge on any atom is 0.321 e. The van der Waals surface area contributed by atoms with Crippen LogP contribution in [0.2, 0.25) is 0 Å². The van der Waals surface area contributed by atoms with Crippen LogP contribution in [0.4, 0.5) is 0 Å². The fourth-order valence-electron chi connectivity index (χ4n) is 3.52. The summed E-state index contributed by atoms with van der Waals surface area (Å²) in [5, 5.41) is 18.0. The Morgan fingerprint density at radius 1 is 1.30 bits per heavy atom. The van der Waals surface area contributed by atoms with Crippen LogP contribution in [-0.2, 0) is 24.3 Å². The zero-order chi connectivity index (χ0) is 14.1. The molecular formula is C14H22N4O2. The van der Waals surface area contributed by atoms with Gasteiger partial charge in [0.1, 0.15) is 17.7 Å². The lowest BCUT2D eigenvalue weighted by Crippen LogP contribution is -2.49. The van der Waals surface area contributed by atoms with E-state index < -0.39 is 5.97 Å². The molecule has 0 amide bonds. The number of carboxylic acids is 1. The first-order valence-corrected chi connectivity index (χ1v) is 7.54. The summed E-state index contributed by atoms with van der Waals surface area (Å²) in [5.74, 6) is 1.48. The van der Waals surface area contributed by atoms with E-state index in [0.29, 0.717) is 6.54 Å². The summed E-state index contributed by atoms with van der Waals surface area (Å²) >= 11 is 0. The Morgan fingerprint density at radius 3 is 2.95 bits per heavy atom. The number of fused-ring (bicyclic) bond motifs is 1. The minimum atomic E-state index is -0.712. The van der Waals surface area contributed by atoms with E-state index in [1.54, 1.807) is 0 Å². The smallest absolute Gasteiger partial charge is 0.321 e. The van der Waals surface area contributed by atoms with Crippen molar-refractivity contribution in [3.63, 3.8) is 0 Å². The van der Waals surface area contributed by atoms with E-state index in [1.165, 1.54) is 6.42 Å². The molecule has 2 atom stereocenters. The summed E-state index contributed by atoms with van der Waals surface area (Å²) in [7, 11) is 0. The molecule has 1 aromatic heterocycles. The second-order valence-corrected chi connectivity index (χ2v) is 6.01. The molecule has 0 spiro atoms. The third-order valence-corrected chi connectivity index (χ3v) is 4.57. The van der Waals surface area contributed by atoms with Gasteiger partial charge in [-0.05, 0) is 38.1 Å². The molecule has 3 heterocycles. The second kappa shape index (κ2) is 5.52. The molecule has 1 saturated heterocycles. The van der Waals surface area contributed by atoms with Gasteiger partial charge in [0.25, 0.3) is 0 Å². The van der Waals surface area contributed by atoms with Gasteiger partial charge in [-0.1, -0.05) is 6.92 Å². The lowest BCUT2D eigenvalue weighted by molar-refractivity contribution is -0.147.